The van der Waals surface area contributed by atoms with E-state index in [2.05, 4.69) is 62.9 Å². The lowest BCUT2D eigenvalue weighted by Crippen LogP contribution is -2.58. The van der Waals surface area contributed by atoms with Gasteiger partial charge in [0, 0.05) is 24.0 Å². The maximum absolute atomic E-state index is 11.0. The molecule has 3 rings (SSSR count). The highest BCUT2D eigenvalue weighted by atomic mass is 16.3. The monoisotopic (exact) mass is 385 g/mol. The Morgan fingerprint density at radius 2 is 1.64 bits per heavy atom. The van der Waals surface area contributed by atoms with Crippen molar-refractivity contribution >= 4 is 0 Å². The third-order valence-electron chi connectivity index (χ3n) is 8.00. The first-order valence-electron chi connectivity index (χ1n) is 11.9. The molecule has 0 unspecified atom stereocenters. The SMILES string of the molecule is C[C@@H]1CC[C@@H](C(C)(C)N(Cc2ccccc2)[C@@H](C)C2CCCCCC2)[C@H](O)C1. The van der Waals surface area contributed by atoms with Gasteiger partial charge in [-0.2, -0.15) is 0 Å². The quantitative estimate of drug-likeness (QED) is 0.571. The maximum Gasteiger partial charge on any atom is 0.0588 e. The van der Waals surface area contributed by atoms with E-state index in [9.17, 15) is 5.11 Å². The van der Waals surface area contributed by atoms with Crippen molar-refractivity contribution < 1.29 is 5.11 Å². The zero-order valence-corrected chi connectivity index (χ0v) is 18.7. The Hall–Kier alpha value is -0.860. The molecule has 2 aliphatic carbocycles. The average Bonchev–Trinajstić information content (AvgIpc) is 2.95. The van der Waals surface area contributed by atoms with Crippen molar-refractivity contribution in [1.29, 1.82) is 0 Å². The Bertz CT molecular complexity index is 575. The zero-order valence-electron chi connectivity index (χ0n) is 18.7. The lowest BCUT2D eigenvalue weighted by Gasteiger charge is -2.52. The first kappa shape index (κ1) is 21.8. The largest absolute Gasteiger partial charge is 0.393 e. The summed E-state index contributed by atoms with van der Waals surface area (Å²) in [5.74, 6) is 1.80. The van der Waals surface area contributed by atoms with E-state index in [0.717, 1.165) is 25.3 Å². The van der Waals surface area contributed by atoms with Crippen LogP contribution in [0.2, 0.25) is 0 Å². The highest BCUT2D eigenvalue weighted by Gasteiger charge is 2.44. The van der Waals surface area contributed by atoms with Gasteiger partial charge in [0.25, 0.3) is 0 Å². The molecule has 2 nitrogen and oxygen atoms in total. The summed E-state index contributed by atoms with van der Waals surface area (Å²) < 4.78 is 0. The third-order valence-corrected chi connectivity index (χ3v) is 8.00. The van der Waals surface area contributed by atoms with Gasteiger partial charge >= 0.3 is 0 Å². The standard InChI is InChI=1S/C26H43NO/c1-20-16-17-24(25(28)18-20)26(3,4)27(19-22-12-8-7-9-13-22)21(2)23-14-10-5-6-11-15-23/h7-9,12-13,20-21,23-25,28H,5-6,10-11,14-19H2,1-4H3/t20-,21+,24-,25-/m1/s1. The van der Waals surface area contributed by atoms with Gasteiger partial charge in [-0.15, -0.1) is 0 Å². The van der Waals surface area contributed by atoms with Gasteiger partial charge in [0.1, 0.15) is 0 Å². The van der Waals surface area contributed by atoms with E-state index in [1.54, 1.807) is 0 Å². The predicted molar refractivity (Wildman–Crippen MR) is 119 cm³/mol. The van der Waals surface area contributed by atoms with Crippen molar-refractivity contribution in [3.8, 4) is 0 Å². The Morgan fingerprint density at radius 1 is 1.00 bits per heavy atom. The van der Waals surface area contributed by atoms with E-state index >= 15 is 0 Å². The first-order valence-corrected chi connectivity index (χ1v) is 11.9. The van der Waals surface area contributed by atoms with Crippen molar-refractivity contribution in [3.05, 3.63) is 35.9 Å². The van der Waals surface area contributed by atoms with Crippen LogP contribution < -0.4 is 0 Å². The van der Waals surface area contributed by atoms with Crippen molar-refractivity contribution in [1.82, 2.24) is 4.90 Å². The fourth-order valence-electron chi connectivity index (χ4n) is 6.09. The van der Waals surface area contributed by atoms with E-state index in [4.69, 9.17) is 0 Å². The van der Waals surface area contributed by atoms with Crippen molar-refractivity contribution in [2.24, 2.45) is 17.8 Å². The van der Waals surface area contributed by atoms with Crippen LogP contribution in [0.1, 0.15) is 91.0 Å². The van der Waals surface area contributed by atoms with Gasteiger partial charge in [-0.25, -0.2) is 0 Å². The van der Waals surface area contributed by atoms with Crippen molar-refractivity contribution in [3.63, 3.8) is 0 Å². The number of hydrogen-bond acceptors (Lipinski definition) is 2. The number of rotatable bonds is 6. The van der Waals surface area contributed by atoms with E-state index in [-0.39, 0.29) is 11.6 Å². The summed E-state index contributed by atoms with van der Waals surface area (Å²) >= 11 is 0. The minimum absolute atomic E-state index is 0.00111. The maximum atomic E-state index is 11.0. The molecule has 0 radical (unpaired) electrons. The smallest absolute Gasteiger partial charge is 0.0588 e. The minimum Gasteiger partial charge on any atom is -0.393 e. The van der Waals surface area contributed by atoms with E-state index < -0.39 is 0 Å². The normalized spacial score (nSPS) is 28.9. The van der Waals surface area contributed by atoms with E-state index in [1.165, 1.54) is 50.5 Å². The molecule has 0 amide bonds. The lowest BCUT2D eigenvalue weighted by molar-refractivity contribution is -0.0714. The molecule has 2 heteroatoms. The molecule has 1 aromatic carbocycles. The Morgan fingerprint density at radius 3 is 2.25 bits per heavy atom. The van der Waals surface area contributed by atoms with E-state index in [1.807, 2.05) is 0 Å². The van der Waals surface area contributed by atoms with Crippen LogP contribution in [-0.4, -0.2) is 27.7 Å². The molecule has 1 N–H and O–H groups in total. The topological polar surface area (TPSA) is 23.5 Å². The van der Waals surface area contributed by atoms with Crippen LogP contribution >= 0.6 is 0 Å². The highest BCUT2D eigenvalue weighted by Crippen LogP contribution is 2.42. The highest BCUT2D eigenvalue weighted by molar-refractivity contribution is 5.15. The molecule has 1 aromatic rings. The second-order valence-corrected chi connectivity index (χ2v) is 10.4. The Balaban J connectivity index is 1.85. The second kappa shape index (κ2) is 9.76. The third kappa shape index (κ3) is 5.19. The summed E-state index contributed by atoms with van der Waals surface area (Å²) in [6, 6.07) is 11.5. The molecular weight excluding hydrogens is 342 g/mol. The number of benzene rings is 1. The van der Waals surface area contributed by atoms with Crippen LogP contribution in [0.5, 0.6) is 0 Å². The molecule has 28 heavy (non-hydrogen) atoms. The zero-order chi connectivity index (χ0) is 20.1. The molecule has 2 aliphatic rings. The predicted octanol–water partition coefficient (Wildman–Crippen LogP) is 6.42. The van der Waals surface area contributed by atoms with Crippen LogP contribution in [0.15, 0.2) is 30.3 Å². The lowest BCUT2D eigenvalue weighted by atomic mass is 9.70. The van der Waals surface area contributed by atoms with Crippen molar-refractivity contribution in [2.75, 3.05) is 0 Å². The van der Waals surface area contributed by atoms with Crippen molar-refractivity contribution in [2.45, 2.75) is 110 Å². The van der Waals surface area contributed by atoms with Gasteiger partial charge in [-0.1, -0.05) is 69.4 Å². The number of nitrogens with zero attached hydrogens (tertiary/aromatic N) is 1. The molecule has 158 valence electrons. The molecule has 0 aliphatic heterocycles. The fraction of sp³-hybridized carbons (Fsp3) is 0.769. The number of hydrogen-bond donors (Lipinski definition) is 1. The van der Waals surface area contributed by atoms with Gasteiger partial charge in [-0.05, 0) is 63.9 Å². The minimum atomic E-state index is -0.168. The molecule has 0 aromatic heterocycles. The molecular formula is C26H43NO. The van der Waals surface area contributed by atoms with Gasteiger partial charge < -0.3 is 5.11 Å². The molecule has 0 heterocycles. The first-order chi connectivity index (χ1) is 13.4. The van der Waals surface area contributed by atoms with Crippen LogP contribution in [0.25, 0.3) is 0 Å². The number of aliphatic hydroxyl groups excluding tert-OH is 1. The summed E-state index contributed by atoms with van der Waals surface area (Å²) in [5.41, 5.74) is 1.40. The number of aliphatic hydroxyl groups is 1. The molecule has 0 spiro atoms. The Kier molecular flexibility index (Phi) is 7.61. The van der Waals surface area contributed by atoms with Crippen LogP contribution in [-0.2, 0) is 6.54 Å². The van der Waals surface area contributed by atoms with E-state index in [0.29, 0.717) is 17.9 Å². The molecule has 2 fully saturated rings. The summed E-state index contributed by atoms with van der Waals surface area (Å²) in [6.45, 7) is 10.6. The van der Waals surface area contributed by atoms with Gasteiger partial charge in [-0.3, -0.25) is 4.90 Å². The van der Waals surface area contributed by atoms with Crippen LogP contribution in [0.4, 0.5) is 0 Å². The van der Waals surface area contributed by atoms with Gasteiger partial charge in [0.15, 0.2) is 0 Å². The summed E-state index contributed by atoms with van der Waals surface area (Å²) in [7, 11) is 0. The van der Waals surface area contributed by atoms with Crippen LogP contribution in [0, 0.1) is 17.8 Å². The molecule has 4 atom stereocenters. The van der Waals surface area contributed by atoms with Crippen LogP contribution in [0.3, 0.4) is 0 Å². The van der Waals surface area contributed by atoms with Gasteiger partial charge in [0.05, 0.1) is 6.10 Å². The molecule has 0 bridgehead atoms. The summed E-state index contributed by atoms with van der Waals surface area (Å²) in [4.78, 5) is 2.77. The molecule has 2 saturated carbocycles. The Labute approximate surface area is 173 Å². The fourth-order valence-corrected chi connectivity index (χ4v) is 6.09. The second-order valence-electron chi connectivity index (χ2n) is 10.4. The summed E-state index contributed by atoms with van der Waals surface area (Å²) in [6.07, 6.45) is 11.5. The van der Waals surface area contributed by atoms with Gasteiger partial charge in [0.2, 0.25) is 0 Å². The summed E-state index contributed by atoms with van der Waals surface area (Å²) in [5, 5.41) is 11.0. The average molecular weight is 386 g/mol. The molecule has 0 saturated heterocycles.